The number of halogens is 4. The molecular weight excluding hydrogens is 391 g/mol. The van der Waals surface area contributed by atoms with Crippen molar-refractivity contribution in [2.75, 3.05) is 31.1 Å². The first kappa shape index (κ1) is 21.0. The highest BCUT2D eigenvalue weighted by atomic mass is 35.5. The van der Waals surface area contributed by atoms with Crippen molar-refractivity contribution in [3.05, 3.63) is 34.5 Å². The highest BCUT2D eigenvalue weighted by Gasteiger charge is 2.61. The summed E-state index contributed by atoms with van der Waals surface area (Å²) in [5, 5.41) is -0.0263. The van der Waals surface area contributed by atoms with Gasteiger partial charge in [0.25, 0.3) is 0 Å². The van der Waals surface area contributed by atoms with Gasteiger partial charge in [0, 0.05) is 32.4 Å². The van der Waals surface area contributed by atoms with Gasteiger partial charge in [0.05, 0.1) is 16.5 Å². The van der Waals surface area contributed by atoms with Crippen LogP contribution in [-0.2, 0) is 11.0 Å². The van der Waals surface area contributed by atoms with Gasteiger partial charge in [-0.2, -0.15) is 13.2 Å². The topological polar surface area (TPSA) is 36.4 Å². The predicted molar refractivity (Wildman–Crippen MR) is 103 cm³/mol. The van der Waals surface area contributed by atoms with Crippen LogP contribution in [-0.4, -0.2) is 42.0 Å². The van der Waals surface area contributed by atoms with E-state index in [9.17, 15) is 18.0 Å². The van der Waals surface area contributed by atoms with Crippen LogP contribution >= 0.6 is 11.6 Å². The Morgan fingerprint density at radius 1 is 1.25 bits per heavy atom. The second-order valence-electron chi connectivity index (χ2n) is 8.41. The molecule has 0 aromatic carbocycles. The molecule has 0 unspecified atom stereocenters. The molecule has 2 heterocycles. The number of piperazine rings is 1. The second-order valence-corrected chi connectivity index (χ2v) is 8.82. The lowest BCUT2D eigenvalue weighted by Crippen LogP contribution is -2.50. The molecule has 3 rings (SSSR count). The molecule has 154 valence electrons. The molecule has 28 heavy (non-hydrogen) atoms. The number of carbonyl (C=O) groups is 1. The molecule has 2 atom stereocenters. The third kappa shape index (κ3) is 4.00. The molecule has 1 saturated heterocycles. The van der Waals surface area contributed by atoms with Gasteiger partial charge < -0.3 is 9.80 Å². The number of pyridine rings is 1. The average molecular weight is 416 g/mol. The molecule has 1 amide bonds. The van der Waals surface area contributed by atoms with Gasteiger partial charge in [0.1, 0.15) is 5.82 Å². The van der Waals surface area contributed by atoms with Crippen molar-refractivity contribution in [3.63, 3.8) is 0 Å². The van der Waals surface area contributed by atoms with E-state index in [4.69, 9.17) is 11.6 Å². The molecule has 1 aliphatic heterocycles. The molecule has 1 saturated carbocycles. The summed E-state index contributed by atoms with van der Waals surface area (Å²) in [6, 6.07) is 0.901. The van der Waals surface area contributed by atoms with Gasteiger partial charge in [-0.15, -0.1) is 0 Å². The van der Waals surface area contributed by atoms with Crippen LogP contribution in [0.15, 0.2) is 23.9 Å². The number of rotatable bonds is 3. The van der Waals surface area contributed by atoms with Crippen LogP contribution in [0.25, 0.3) is 0 Å². The standard InChI is InChI=1S/C20H25ClF3N3O/c1-12(2)9-14-16(19(14,3)4)18(28)27-7-5-26(6-8-27)17-15(21)10-13(11-25-17)20(22,23)24/h9-11,14,16H,5-8H2,1-4H3/t14-,16+/m0/s1. The minimum atomic E-state index is -4.47. The fourth-order valence-electron chi connectivity index (χ4n) is 3.97. The SMILES string of the molecule is CC(C)=C[C@H]1[C@H](C(=O)N2CCN(c3ncc(C(F)(F)F)cc3Cl)CC2)C1(C)C. The normalized spacial score (nSPS) is 24.1. The van der Waals surface area contributed by atoms with E-state index >= 15 is 0 Å². The van der Waals surface area contributed by atoms with Gasteiger partial charge in [-0.25, -0.2) is 4.98 Å². The highest BCUT2D eigenvalue weighted by molar-refractivity contribution is 6.33. The monoisotopic (exact) mass is 415 g/mol. The summed E-state index contributed by atoms with van der Waals surface area (Å²) >= 11 is 6.04. The lowest BCUT2D eigenvalue weighted by molar-refractivity contribution is -0.138. The Bertz CT molecular complexity index is 794. The van der Waals surface area contributed by atoms with Crippen molar-refractivity contribution in [1.29, 1.82) is 0 Å². The number of amides is 1. The Hall–Kier alpha value is -1.76. The largest absolute Gasteiger partial charge is 0.417 e. The van der Waals surface area contributed by atoms with E-state index in [2.05, 4.69) is 24.9 Å². The molecule has 2 fully saturated rings. The second kappa shape index (κ2) is 7.25. The quantitative estimate of drug-likeness (QED) is 0.675. The molecule has 1 aromatic rings. The van der Waals surface area contributed by atoms with Crippen molar-refractivity contribution < 1.29 is 18.0 Å². The van der Waals surface area contributed by atoms with Gasteiger partial charge in [-0.1, -0.05) is 37.1 Å². The van der Waals surface area contributed by atoms with Gasteiger partial charge >= 0.3 is 6.18 Å². The van der Waals surface area contributed by atoms with Crippen LogP contribution < -0.4 is 4.90 Å². The van der Waals surface area contributed by atoms with E-state index in [1.807, 2.05) is 23.6 Å². The molecule has 0 radical (unpaired) electrons. The number of aromatic nitrogens is 1. The van der Waals surface area contributed by atoms with E-state index in [-0.39, 0.29) is 28.2 Å². The summed E-state index contributed by atoms with van der Waals surface area (Å²) in [5.41, 5.74) is 0.307. The van der Waals surface area contributed by atoms with E-state index in [1.165, 1.54) is 5.57 Å². The average Bonchev–Trinajstić information content (AvgIpc) is 3.13. The van der Waals surface area contributed by atoms with E-state index in [0.717, 1.165) is 12.3 Å². The van der Waals surface area contributed by atoms with Crippen LogP contribution in [0.4, 0.5) is 19.0 Å². The third-order valence-electron chi connectivity index (χ3n) is 5.73. The van der Waals surface area contributed by atoms with Crippen LogP contribution in [0.3, 0.4) is 0 Å². The number of hydrogen-bond acceptors (Lipinski definition) is 3. The number of hydrogen-bond donors (Lipinski definition) is 0. The summed E-state index contributed by atoms with van der Waals surface area (Å²) in [5.74, 6) is 0.727. The maximum atomic E-state index is 12.9. The summed E-state index contributed by atoms with van der Waals surface area (Å²) in [7, 11) is 0. The molecule has 1 aliphatic carbocycles. The van der Waals surface area contributed by atoms with Gasteiger partial charge in [-0.3, -0.25) is 4.79 Å². The highest BCUT2D eigenvalue weighted by Crippen LogP contribution is 2.60. The zero-order valence-electron chi connectivity index (χ0n) is 16.5. The first-order chi connectivity index (χ1) is 12.9. The van der Waals surface area contributed by atoms with Crippen LogP contribution in [0.2, 0.25) is 5.02 Å². The van der Waals surface area contributed by atoms with Crippen LogP contribution in [0, 0.1) is 17.3 Å². The first-order valence-corrected chi connectivity index (χ1v) is 9.72. The summed E-state index contributed by atoms with van der Waals surface area (Å²) in [6.45, 7) is 10.3. The molecular formula is C20H25ClF3N3O. The van der Waals surface area contributed by atoms with Crippen LogP contribution in [0.1, 0.15) is 33.3 Å². The van der Waals surface area contributed by atoms with Crippen LogP contribution in [0.5, 0.6) is 0 Å². The van der Waals surface area contributed by atoms with Crippen molar-refractivity contribution in [2.24, 2.45) is 17.3 Å². The molecule has 8 heteroatoms. The molecule has 0 N–H and O–H groups in total. The predicted octanol–water partition coefficient (Wildman–Crippen LogP) is 4.64. The number of alkyl halides is 3. The van der Waals surface area contributed by atoms with Gasteiger partial charge in [-0.05, 0) is 31.2 Å². The molecule has 1 aromatic heterocycles. The fourth-order valence-corrected chi connectivity index (χ4v) is 4.26. The minimum absolute atomic E-state index is 0.0123. The fraction of sp³-hybridized carbons (Fsp3) is 0.600. The molecule has 0 bridgehead atoms. The first-order valence-electron chi connectivity index (χ1n) is 9.34. The van der Waals surface area contributed by atoms with E-state index < -0.39 is 11.7 Å². The molecule has 2 aliphatic rings. The van der Waals surface area contributed by atoms with Crippen molar-refractivity contribution >= 4 is 23.3 Å². The zero-order chi connectivity index (χ0) is 20.9. The number of allylic oxidation sites excluding steroid dienone is 2. The Kier molecular flexibility index (Phi) is 5.42. The Morgan fingerprint density at radius 2 is 1.86 bits per heavy atom. The Morgan fingerprint density at radius 3 is 2.36 bits per heavy atom. The van der Waals surface area contributed by atoms with Crippen molar-refractivity contribution in [2.45, 2.75) is 33.9 Å². The Labute approximate surface area is 168 Å². The van der Waals surface area contributed by atoms with Gasteiger partial charge in [0.15, 0.2) is 0 Å². The smallest absolute Gasteiger partial charge is 0.352 e. The van der Waals surface area contributed by atoms with Crippen molar-refractivity contribution in [3.8, 4) is 0 Å². The summed E-state index contributed by atoms with van der Waals surface area (Å²) < 4.78 is 38.3. The maximum Gasteiger partial charge on any atom is 0.417 e. The van der Waals surface area contributed by atoms with Crippen molar-refractivity contribution in [1.82, 2.24) is 9.88 Å². The third-order valence-corrected chi connectivity index (χ3v) is 6.01. The lowest BCUT2D eigenvalue weighted by Gasteiger charge is -2.36. The Balaban J connectivity index is 1.64. The number of anilines is 1. The molecule has 0 spiro atoms. The lowest BCUT2D eigenvalue weighted by atomic mass is 10.1. The minimum Gasteiger partial charge on any atom is -0.352 e. The van der Waals surface area contributed by atoms with E-state index in [1.54, 1.807) is 0 Å². The molecule has 4 nitrogen and oxygen atoms in total. The van der Waals surface area contributed by atoms with E-state index in [0.29, 0.717) is 32.0 Å². The zero-order valence-corrected chi connectivity index (χ0v) is 17.2. The number of carbonyl (C=O) groups excluding carboxylic acids is 1. The summed E-state index contributed by atoms with van der Waals surface area (Å²) in [4.78, 5) is 20.5. The maximum absolute atomic E-state index is 12.9. The number of nitrogens with zero attached hydrogens (tertiary/aromatic N) is 3. The summed E-state index contributed by atoms with van der Waals surface area (Å²) in [6.07, 6.45) is -1.50. The van der Waals surface area contributed by atoms with Gasteiger partial charge in [0.2, 0.25) is 5.91 Å².